The third kappa shape index (κ3) is 11.2. The van der Waals surface area contributed by atoms with Gasteiger partial charge in [-0.1, -0.05) is 130 Å². The molecule has 0 atom stereocenters. The third-order valence-corrected chi connectivity index (χ3v) is 6.14. The maximum absolute atomic E-state index is 12.6. The lowest BCUT2D eigenvalue weighted by atomic mass is 9.92. The highest BCUT2D eigenvalue weighted by atomic mass is 16.1. The summed E-state index contributed by atoms with van der Waals surface area (Å²) in [4.78, 5) is 12.6. The maximum Gasteiger partial charge on any atom is 0.224 e. The van der Waals surface area contributed by atoms with Crippen LogP contribution >= 0.6 is 0 Å². The van der Waals surface area contributed by atoms with Gasteiger partial charge in [0.2, 0.25) is 5.91 Å². The smallest absolute Gasteiger partial charge is 0.224 e. The highest BCUT2D eigenvalue weighted by molar-refractivity contribution is 5.92. The molecule has 0 heterocycles. The summed E-state index contributed by atoms with van der Waals surface area (Å²) in [6.45, 7) is 11.1. The minimum Gasteiger partial charge on any atom is -0.326 e. The Kier molecular flexibility index (Phi) is 14.6. The second-order valence-corrected chi connectivity index (χ2v) is 9.66. The number of carbonyl (C=O) groups excluding carboxylic acids is 1. The summed E-state index contributed by atoms with van der Waals surface area (Å²) in [5.74, 6) is 0.999. The summed E-state index contributed by atoms with van der Waals surface area (Å²) in [7, 11) is 0. The zero-order valence-corrected chi connectivity index (χ0v) is 20.7. The monoisotopic (exact) mass is 415 g/mol. The van der Waals surface area contributed by atoms with Gasteiger partial charge < -0.3 is 5.32 Å². The molecule has 0 spiro atoms. The minimum absolute atomic E-state index is 0.174. The summed E-state index contributed by atoms with van der Waals surface area (Å²) < 4.78 is 0. The first-order chi connectivity index (χ1) is 14.5. The van der Waals surface area contributed by atoms with Crippen LogP contribution in [0.25, 0.3) is 0 Å². The molecule has 0 fully saturated rings. The molecule has 2 nitrogen and oxygen atoms in total. The van der Waals surface area contributed by atoms with Crippen LogP contribution in [0.3, 0.4) is 0 Å². The van der Waals surface area contributed by atoms with Crippen molar-refractivity contribution in [1.29, 1.82) is 0 Å². The standard InChI is InChI=1S/C28H49NO/c1-6-7-8-9-10-11-12-13-14-15-16-17-18-22-27(30)29-28-25(23(2)3)20-19-21-26(28)24(4)5/h19-21,23-24H,6-18,22H2,1-5H3,(H,29,30). The Labute approximate surface area is 187 Å². The molecule has 1 aromatic rings. The fourth-order valence-corrected chi connectivity index (χ4v) is 4.20. The molecular weight excluding hydrogens is 366 g/mol. The number of rotatable bonds is 17. The van der Waals surface area contributed by atoms with Gasteiger partial charge in [-0.05, 0) is 29.4 Å². The molecule has 0 radical (unpaired) electrons. The van der Waals surface area contributed by atoms with E-state index < -0.39 is 0 Å². The predicted molar refractivity (Wildman–Crippen MR) is 134 cm³/mol. The van der Waals surface area contributed by atoms with Crippen molar-refractivity contribution in [2.75, 3.05) is 5.32 Å². The second kappa shape index (κ2) is 16.4. The van der Waals surface area contributed by atoms with Gasteiger partial charge in [-0.15, -0.1) is 0 Å². The van der Waals surface area contributed by atoms with Gasteiger partial charge in [-0.25, -0.2) is 0 Å². The highest BCUT2D eigenvalue weighted by Crippen LogP contribution is 2.32. The lowest BCUT2D eigenvalue weighted by Gasteiger charge is -2.20. The lowest BCUT2D eigenvalue weighted by molar-refractivity contribution is -0.116. The van der Waals surface area contributed by atoms with Gasteiger partial charge in [0.05, 0.1) is 0 Å². The molecule has 1 rings (SSSR count). The van der Waals surface area contributed by atoms with E-state index >= 15 is 0 Å². The Bertz CT molecular complexity index is 550. The van der Waals surface area contributed by atoms with Crippen molar-refractivity contribution < 1.29 is 4.79 Å². The van der Waals surface area contributed by atoms with Crippen LogP contribution in [-0.2, 0) is 4.79 Å². The third-order valence-electron chi connectivity index (χ3n) is 6.14. The van der Waals surface area contributed by atoms with Crippen molar-refractivity contribution in [2.24, 2.45) is 0 Å². The number of hydrogen-bond donors (Lipinski definition) is 1. The molecule has 0 aromatic heterocycles. The topological polar surface area (TPSA) is 29.1 Å². The number of anilines is 1. The van der Waals surface area contributed by atoms with E-state index in [0.29, 0.717) is 18.3 Å². The number of carbonyl (C=O) groups is 1. The van der Waals surface area contributed by atoms with Gasteiger partial charge in [0, 0.05) is 12.1 Å². The predicted octanol–water partition coefficient (Wildman–Crippen LogP) is 9.35. The number of amides is 1. The summed E-state index contributed by atoms with van der Waals surface area (Å²) in [6.07, 6.45) is 18.0. The van der Waals surface area contributed by atoms with Crippen LogP contribution in [0.1, 0.15) is 147 Å². The lowest BCUT2D eigenvalue weighted by Crippen LogP contribution is -2.15. The van der Waals surface area contributed by atoms with Crippen molar-refractivity contribution in [3.63, 3.8) is 0 Å². The van der Waals surface area contributed by atoms with Gasteiger partial charge in [0.15, 0.2) is 0 Å². The van der Waals surface area contributed by atoms with Crippen LogP contribution in [0.2, 0.25) is 0 Å². The molecule has 1 aromatic carbocycles. The first-order valence-corrected chi connectivity index (χ1v) is 12.9. The average Bonchev–Trinajstić information content (AvgIpc) is 2.71. The minimum atomic E-state index is 0.174. The molecule has 0 bridgehead atoms. The molecule has 30 heavy (non-hydrogen) atoms. The molecule has 1 N–H and O–H groups in total. The quantitative estimate of drug-likeness (QED) is 0.252. The first kappa shape index (κ1) is 26.7. The largest absolute Gasteiger partial charge is 0.326 e. The zero-order valence-electron chi connectivity index (χ0n) is 20.7. The molecule has 0 saturated carbocycles. The number of hydrogen-bond acceptors (Lipinski definition) is 1. The van der Waals surface area contributed by atoms with E-state index in [4.69, 9.17) is 0 Å². The second-order valence-electron chi connectivity index (χ2n) is 9.66. The summed E-state index contributed by atoms with van der Waals surface area (Å²) in [5.41, 5.74) is 3.56. The SMILES string of the molecule is CCCCCCCCCCCCCCCC(=O)Nc1c(C(C)C)cccc1C(C)C. The van der Waals surface area contributed by atoms with E-state index in [9.17, 15) is 4.79 Å². The van der Waals surface area contributed by atoms with Crippen LogP contribution < -0.4 is 5.32 Å². The molecule has 1 amide bonds. The Morgan fingerprint density at radius 1 is 0.700 bits per heavy atom. The van der Waals surface area contributed by atoms with Crippen molar-refractivity contribution in [1.82, 2.24) is 0 Å². The van der Waals surface area contributed by atoms with Gasteiger partial charge in [-0.3, -0.25) is 4.79 Å². The number of para-hydroxylation sites is 1. The van der Waals surface area contributed by atoms with E-state index in [1.165, 1.54) is 88.2 Å². The molecule has 0 aliphatic carbocycles. The summed E-state index contributed by atoms with van der Waals surface area (Å²) >= 11 is 0. The summed E-state index contributed by atoms with van der Waals surface area (Å²) in [5, 5.41) is 3.25. The maximum atomic E-state index is 12.6. The Morgan fingerprint density at radius 2 is 1.10 bits per heavy atom. The zero-order chi connectivity index (χ0) is 22.2. The van der Waals surface area contributed by atoms with Gasteiger partial charge in [0.1, 0.15) is 0 Å². The van der Waals surface area contributed by atoms with Crippen molar-refractivity contribution in [3.05, 3.63) is 29.3 Å². The van der Waals surface area contributed by atoms with E-state index in [0.717, 1.165) is 12.1 Å². The Hall–Kier alpha value is -1.31. The summed E-state index contributed by atoms with van der Waals surface area (Å²) in [6, 6.07) is 6.42. The van der Waals surface area contributed by atoms with Crippen LogP contribution in [0.5, 0.6) is 0 Å². The molecular formula is C28H49NO. The normalized spacial score (nSPS) is 11.4. The molecule has 2 heteroatoms. The Morgan fingerprint density at radius 3 is 1.50 bits per heavy atom. The Balaban J connectivity index is 2.17. The van der Waals surface area contributed by atoms with Gasteiger partial charge >= 0.3 is 0 Å². The fourth-order valence-electron chi connectivity index (χ4n) is 4.20. The van der Waals surface area contributed by atoms with Crippen molar-refractivity contribution in [3.8, 4) is 0 Å². The van der Waals surface area contributed by atoms with Gasteiger partial charge in [-0.2, -0.15) is 0 Å². The fraction of sp³-hybridized carbons (Fsp3) is 0.750. The highest BCUT2D eigenvalue weighted by Gasteiger charge is 2.15. The van der Waals surface area contributed by atoms with Crippen molar-refractivity contribution >= 4 is 11.6 Å². The van der Waals surface area contributed by atoms with Crippen LogP contribution in [0, 0.1) is 0 Å². The van der Waals surface area contributed by atoms with E-state index in [1.807, 2.05) is 0 Å². The first-order valence-electron chi connectivity index (χ1n) is 12.9. The number of nitrogens with one attached hydrogen (secondary N) is 1. The van der Waals surface area contributed by atoms with E-state index in [1.54, 1.807) is 0 Å². The molecule has 0 unspecified atom stereocenters. The molecule has 0 saturated heterocycles. The molecule has 0 aliphatic heterocycles. The van der Waals surface area contributed by atoms with Crippen LogP contribution in [-0.4, -0.2) is 5.91 Å². The van der Waals surface area contributed by atoms with Crippen LogP contribution in [0.15, 0.2) is 18.2 Å². The van der Waals surface area contributed by atoms with Gasteiger partial charge in [0.25, 0.3) is 0 Å². The molecule has 172 valence electrons. The molecule has 0 aliphatic rings. The number of benzene rings is 1. The van der Waals surface area contributed by atoms with Crippen molar-refractivity contribution in [2.45, 2.75) is 136 Å². The average molecular weight is 416 g/mol. The van der Waals surface area contributed by atoms with E-state index in [2.05, 4.69) is 58.1 Å². The number of unbranched alkanes of at least 4 members (excludes halogenated alkanes) is 12. The van der Waals surface area contributed by atoms with E-state index in [-0.39, 0.29) is 5.91 Å². The van der Waals surface area contributed by atoms with Crippen LogP contribution in [0.4, 0.5) is 5.69 Å².